The molecule has 1 heterocycles. The molecule has 1 amide bonds. The summed E-state index contributed by atoms with van der Waals surface area (Å²) in [6, 6.07) is 11.1. The van der Waals surface area contributed by atoms with Gasteiger partial charge in [0.1, 0.15) is 17.5 Å². The van der Waals surface area contributed by atoms with Gasteiger partial charge in [-0.25, -0.2) is 9.18 Å². The zero-order chi connectivity index (χ0) is 24.4. The highest BCUT2D eigenvalue weighted by molar-refractivity contribution is 6.00. The first-order valence-electron chi connectivity index (χ1n) is 10.2. The van der Waals surface area contributed by atoms with Gasteiger partial charge in [-0.3, -0.25) is 4.79 Å². The number of para-hydroxylation sites is 1. The highest BCUT2D eigenvalue weighted by Gasteiger charge is 2.21. The van der Waals surface area contributed by atoms with E-state index in [1.165, 1.54) is 24.3 Å². The van der Waals surface area contributed by atoms with Crippen LogP contribution in [0.1, 0.15) is 23.4 Å². The molecular weight excluding hydrogens is 427 g/mol. The van der Waals surface area contributed by atoms with E-state index in [0.29, 0.717) is 18.7 Å². The maximum absolute atomic E-state index is 14.2. The van der Waals surface area contributed by atoms with Crippen LogP contribution in [0.2, 0.25) is 0 Å². The van der Waals surface area contributed by atoms with Crippen molar-refractivity contribution in [2.45, 2.75) is 26.8 Å². The number of nitriles is 2. The van der Waals surface area contributed by atoms with Crippen molar-refractivity contribution in [3.63, 3.8) is 0 Å². The van der Waals surface area contributed by atoms with Crippen molar-refractivity contribution in [1.82, 2.24) is 4.57 Å². The summed E-state index contributed by atoms with van der Waals surface area (Å²) in [7, 11) is 1.60. The van der Waals surface area contributed by atoms with E-state index in [1.807, 2.05) is 30.6 Å². The Morgan fingerprint density at radius 1 is 1.24 bits per heavy atom. The third-order valence-electron chi connectivity index (χ3n) is 4.99. The van der Waals surface area contributed by atoms with E-state index in [2.05, 4.69) is 0 Å². The van der Waals surface area contributed by atoms with Gasteiger partial charge < -0.3 is 18.9 Å². The van der Waals surface area contributed by atoms with E-state index in [1.54, 1.807) is 19.2 Å². The molecule has 0 atom stereocenters. The molecule has 0 fully saturated rings. The molecule has 0 unspecified atom stereocenters. The lowest BCUT2D eigenvalue weighted by molar-refractivity contribution is -0.143. The molecule has 8 nitrogen and oxygen atoms in total. The predicted octanol–water partition coefficient (Wildman–Crippen LogP) is 3.29. The molecule has 2 aromatic rings. The highest BCUT2D eigenvalue weighted by atomic mass is 19.1. The van der Waals surface area contributed by atoms with Crippen molar-refractivity contribution >= 4 is 23.6 Å². The van der Waals surface area contributed by atoms with Crippen LogP contribution < -0.4 is 4.90 Å². The molecule has 1 aromatic carbocycles. The molecule has 0 saturated carbocycles. The van der Waals surface area contributed by atoms with Gasteiger partial charge in [-0.05, 0) is 43.7 Å². The topological polar surface area (TPSA) is 108 Å². The fourth-order valence-electron chi connectivity index (χ4n) is 3.29. The van der Waals surface area contributed by atoms with Crippen LogP contribution >= 0.6 is 0 Å². The molecule has 0 aliphatic rings. The molecule has 9 heteroatoms. The average molecular weight is 452 g/mol. The first-order chi connectivity index (χ1) is 15.8. The van der Waals surface area contributed by atoms with Crippen molar-refractivity contribution in [3.05, 3.63) is 58.7 Å². The molecule has 172 valence electrons. The van der Waals surface area contributed by atoms with Crippen LogP contribution in [0.25, 0.3) is 6.08 Å². The number of hydrogen-bond acceptors (Lipinski definition) is 6. The Morgan fingerprint density at radius 2 is 1.97 bits per heavy atom. The van der Waals surface area contributed by atoms with Gasteiger partial charge >= 0.3 is 5.97 Å². The van der Waals surface area contributed by atoms with Crippen LogP contribution in [0.4, 0.5) is 10.1 Å². The highest BCUT2D eigenvalue weighted by Crippen LogP contribution is 2.20. The van der Waals surface area contributed by atoms with E-state index in [0.717, 1.165) is 16.3 Å². The number of halogens is 1. The lowest BCUT2D eigenvalue weighted by Crippen LogP contribution is -2.36. The summed E-state index contributed by atoms with van der Waals surface area (Å²) >= 11 is 0. The molecule has 0 spiro atoms. The number of amides is 1. The molecular formula is C24H25FN4O4. The maximum Gasteiger partial charge on any atom is 0.349 e. The first kappa shape index (κ1) is 25.3. The van der Waals surface area contributed by atoms with E-state index >= 15 is 0 Å². The number of carbonyl (C=O) groups excluding carboxylic acids is 2. The fourth-order valence-corrected chi connectivity index (χ4v) is 3.29. The molecule has 1 aromatic heterocycles. The van der Waals surface area contributed by atoms with E-state index in [4.69, 9.17) is 14.7 Å². The third kappa shape index (κ3) is 6.52. The van der Waals surface area contributed by atoms with Crippen LogP contribution in [-0.4, -0.2) is 43.3 Å². The average Bonchev–Trinajstić information content (AvgIpc) is 3.07. The normalized spacial score (nSPS) is 10.9. The number of ether oxygens (including phenoxy) is 2. The van der Waals surface area contributed by atoms with Gasteiger partial charge in [0.2, 0.25) is 0 Å². The summed E-state index contributed by atoms with van der Waals surface area (Å²) < 4.78 is 26.3. The monoisotopic (exact) mass is 452 g/mol. The van der Waals surface area contributed by atoms with Crippen molar-refractivity contribution in [1.29, 1.82) is 10.5 Å². The number of methoxy groups -OCH3 is 1. The number of carbonyl (C=O) groups is 2. The molecule has 0 N–H and O–H groups in total. The second kappa shape index (κ2) is 12.2. The quantitative estimate of drug-likeness (QED) is 0.311. The number of rotatable bonds is 10. The molecule has 0 aliphatic heterocycles. The van der Waals surface area contributed by atoms with Crippen LogP contribution in [-0.2, 0) is 25.6 Å². The molecule has 2 rings (SSSR count). The number of aryl methyl sites for hydroxylation is 1. The summed E-state index contributed by atoms with van der Waals surface area (Å²) in [5.41, 5.74) is 2.17. The Balaban J connectivity index is 2.16. The summed E-state index contributed by atoms with van der Waals surface area (Å²) in [6.07, 6.45) is 1.37. The Kier molecular flexibility index (Phi) is 9.34. The molecule has 0 bridgehead atoms. The standard InChI is InChI=1S/C24H25FN4O4/c1-17-13-19(18(2)28(17)11-12-32-3)14-20(15-27)24(31)33-16-23(30)29(10-6-9-26)22-8-5-4-7-21(22)25/h4-5,7-8,13-14H,6,10-12,16H2,1-3H3/b20-14+. The van der Waals surface area contributed by atoms with E-state index in [9.17, 15) is 19.2 Å². The first-order valence-corrected chi connectivity index (χ1v) is 10.2. The summed E-state index contributed by atoms with van der Waals surface area (Å²) in [4.78, 5) is 26.1. The minimum absolute atomic E-state index is 0.0200. The lowest BCUT2D eigenvalue weighted by Gasteiger charge is -2.22. The van der Waals surface area contributed by atoms with Crippen LogP contribution in [0.5, 0.6) is 0 Å². The number of anilines is 1. The largest absolute Gasteiger partial charge is 0.451 e. The molecule has 0 saturated heterocycles. The SMILES string of the molecule is COCCn1c(C)cc(/C=C(\C#N)C(=O)OCC(=O)N(CCC#N)c2ccccc2F)c1C. The molecule has 33 heavy (non-hydrogen) atoms. The Bertz CT molecular complexity index is 1120. The van der Waals surface area contributed by atoms with E-state index in [-0.39, 0.29) is 24.2 Å². The van der Waals surface area contributed by atoms with Crippen molar-refractivity contribution in [2.75, 3.05) is 31.8 Å². The summed E-state index contributed by atoms with van der Waals surface area (Å²) in [6.45, 7) is 4.13. The van der Waals surface area contributed by atoms with Crippen LogP contribution in [0, 0.1) is 42.3 Å². The zero-order valence-electron chi connectivity index (χ0n) is 18.8. The van der Waals surface area contributed by atoms with Gasteiger partial charge in [-0.15, -0.1) is 0 Å². The number of aromatic nitrogens is 1. The fraction of sp³-hybridized carbons (Fsp3) is 0.333. The Labute approximate surface area is 192 Å². The summed E-state index contributed by atoms with van der Waals surface area (Å²) in [5, 5.41) is 18.3. The second-order valence-corrected chi connectivity index (χ2v) is 7.12. The number of hydrogen-bond donors (Lipinski definition) is 0. The molecule has 0 aliphatic carbocycles. The number of benzene rings is 1. The van der Waals surface area contributed by atoms with Crippen molar-refractivity contribution in [3.8, 4) is 12.1 Å². The van der Waals surface area contributed by atoms with Crippen LogP contribution in [0.15, 0.2) is 35.9 Å². The van der Waals surface area contributed by atoms with Gasteiger partial charge in [0.25, 0.3) is 5.91 Å². The number of esters is 1. The predicted molar refractivity (Wildman–Crippen MR) is 119 cm³/mol. The number of nitrogens with zero attached hydrogens (tertiary/aromatic N) is 4. The van der Waals surface area contributed by atoms with Crippen molar-refractivity contribution in [2.24, 2.45) is 0 Å². The van der Waals surface area contributed by atoms with Gasteiger partial charge in [0, 0.05) is 31.6 Å². The zero-order valence-corrected chi connectivity index (χ0v) is 18.8. The van der Waals surface area contributed by atoms with Crippen LogP contribution in [0.3, 0.4) is 0 Å². The van der Waals surface area contributed by atoms with Gasteiger partial charge in [-0.1, -0.05) is 12.1 Å². The Hall–Kier alpha value is -3.95. The van der Waals surface area contributed by atoms with Gasteiger partial charge in [-0.2, -0.15) is 10.5 Å². The Morgan fingerprint density at radius 3 is 2.61 bits per heavy atom. The third-order valence-corrected chi connectivity index (χ3v) is 4.99. The van der Waals surface area contributed by atoms with Gasteiger partial charge in [0.15, 0.2) is 6.61 Å². The van der Waals surface area contributed by atoms with Crippen molar-refractivity contribution < 1.29 is 23.5 Å². The smallest absolute Gasteiger partial charge is 0.349 e. The summed E-state index contributed by atoms with van der Waals surface area (Å²) in [5.74, 6) is -2.32. The molecule has 0 radical (unpaired) electrons. The second-order valence-electron chi connectivity index (χ2n) is 7.12. The minimum atomic E-state index is -0.971. The maximum atomic E-state index is 14.2. The lowest BCUT2D eigenvalue weighted by atomic mass is 10.1. The minimum Gasteiger partial charge on any atom is -0.451 e. The van der Waals surface area contributed by atoms with E-state index < -0.39 is 24.3 Å². The van der Waals surface area contributed by atoms with Gasteiger partial charge in [0.05, 0.1) is 24.8 Å².